The third-order valence-corrected chi connectivity index (χ3v) is 3.43. The summed E-state index contributed by atoms with van der Waals surface area (Å²) in [6.45, 7) is 0.0375. The van der Waals surface area contributed by atoms with E-state index < -0.39 is 0 Å². The van der Waals surface area contributed by atoms with Crippen molar-refractivity contribution in [2.75, 3.05) is 7.11 Å². The highest BCUT2D eigenvalue weighted by atomic mass is 16.5. The van der Waals surface area contributed by atoms with Gasteiger partial charge in [-0.05, 0) is 17.7 Å². The average Bonchev–Trinajstić information content (AvgIpc) is 2.62. The summed E-state index contributed by atoms with van der Waals surface area (Å²) in [5, 5.41) is 9.10. The summed E-state index contributed by atoms with van der Waals surface area (Å²) in [6.07, 6.45) is 3.47. The van der Waals surface area contributed by atoms with E-state index in [1.54, 1.807) is 19.5 Å². The Morgan fingerprint density at radius 3 is 2.36 bits per heavy atom. The van der Waals surface area contributed by atoms with Crippen molar-refractivity contribution in [3.05, 3.63) is 66.5 Å². The highest BCUT2D eigenvalue weighted by molar-refractivity contribution is 5.65. The fourth-order valence-corrected chi connectivity index (χ4v) is 2.21. The first-order chi connectivity index (χ1) is 10.8. The molecule has 22 heavy (non-hydrogen) atoms. The van der Waals surface area contributed by atoms with Gasteiger partial charge < -0.3 is 9.84 Å². The van der Waals surface area contributed by atoms with Gasteiger partial charge in [0.15, 0.2) is 0 Å². The van der Waals surface area contributed by atoms with E-state index in [2.05, 4.69) is 9.97 Å². The van der Waals surface area contributed by atoms with Gasteiger partial charge in [0.25, 0.3) is 0 Å². The molecule has 4 heteroatoms. The lowest BCUT2D eigenvalue weighted by atomic mass is 10.1. The number of methoxy groups -OCH3 is 1. The minimum Gasteiger partial charge on any atom is -0.497 e. The first kappa shape index (κ1) is 14.2. The van der Waals surface area contributed by atoms with Gasteiger partial charge in [0.1, 0.15) is 5.75 Å². The summed E-state index contributed by atoms with van der Waals surface area (Å²) < 4.78 is 5.24. The summed E-state index contributed by atoms with van der Waals surface area (Å²) in [5.74, 6) is 0.789. The second-order valence-corrected chi connectivity index (χ2v) is 4.88. The molecule has 0 radical (unpaired) electrons. The quantitative estimate of drug-likeness (QED) is 0.801. The van der Waals surface area contributed by atoms with Crippen molar-refractivity contribution in [1.29, 1.82) is 0 Å². The largest absolute Gasteiger partial charge is 0.497 e. The highest BCUT2D eigenvalue weighted by Crippen LogP contribution is 2.24. The smallest absolute Gasteiger partial charge is 0.119 e. The zero-order chi connectivity index (χ0) is 15.4. The fourth-order valence-electron chi connectivity index (χ4n) is 2.21. The molecular weight excluding hydrogens is 276 g/mol. The molecule has 2 aromatic carbocycles. The molecule has 0 aliphatic carbocycles. The molecular formula is C18H16N2O2. The second-order valence-electron chi connectivity index (χ2n) is 4.88. The predicted molar refractivity (Wildman–Crippen MR) is 85.4 cm³/mol. The third-order valence-electron chi connectivity index (χ3n) is 3.43. The standard InChI is InChI=1S/C18H16N2O2/c1-22-16-4-2-3-15(9-16)18-11-19-10-17(20-18)14-7-5-13(12-21)6-8-14/h2-11,21H,12H2,1H3. The monoisotopic (exact) mass is 292 g/mol. The maximum atomic E-state index is 9.10. The zero-order valence-corrected chi connectivity index (χ0v) is 12.2. The van der Waals surface area contributed by atoms with Gasteiger partial charge in [-0.1, -0.05) is 36.4 Å². The molecule has 0 saturated heterocycles. The van der Waals surface area contributed by atoms with Crippen LogP contribution in [0.2, 0.25) is 0 Å². The lowest BCUT2D eigenvalue weighted by Crippen LogP contribution is -1.91. The van der Waals surface area contributed by atoms with E-state index in [-0.39, 0.29) is 6.61 Å². The minimum absolute atomic E-state index is 0.0375. The maximum Gasteiger partial charge on any atom is 0.119 e. The summed E-state index contributed by atoms with van der Waals surface area (Å²) in [4.78, 5) is 8.95. The van der Waals surface area contributed by atoms with E-state index in [4.69, 9.17) is 9.84 Å². The van der Waals surface area contributed by atoms with Crippen molar-refractivity contribution in [2.24, 2.45) is 0 Å². The molecule has 1 N–H and O–H groups in total. The molecule has 1 aromatic heterocycles. The number of aromatic nitrogens is 2. The average molecular weight is 292 g/mol. The van der Waals surface area contributed by atoms with Crippen LogP contribution in [0, 0.1) is 0 Å². The van der Waals surface area contributed by atoms with Crippen molar-refractivity contribution in [2.45, 2.75) is 6.61 Å². The van der Waals surface area contributed by atoms with E-state index in [1.807, 2.05) is 48.5 Å². The molecule has 0 aliphatic rings. The molecule has 1 heterocycles. The van der Waals surface area contributed by atoms with E-state index in [9.17, 15) is 0 Å². The predicted octanol–water partition coefficient (Wildman–Crippen LogP) is 3.31. The number of ether oxygens (including phenoxy) is 1. The van der Waals surface area contributed by atoms with Crippen molar-refractivity contribution in [3.63, 3.8) is 0 Å². The molecule has 0 aliphatic heterocycles. The SMILES string of the molecule is COc1cccc(-c2cncc(-c3ccc(CO)cc3)n2)c1. The molecule has 0 unspecified atom stereocenters. The van der Waals surface area contributed by atoms with Crippen LogP contribution in [0.4, 0.5) is 0 Å². The maximum absolute atomic E-state index is 9.10. The van der Waals surface area contributed by atoms with Crippen LogP contribution < -0.4 is 4.74 Å². The van der Waals surface area contributed by atoms with Gasteiger partial charge in [-0.3, -0.25) is 4.98 Å². The highest BCUT2D eigenvalue weighted by Gasteiger charge is 2.05. The Labute approximate surface area is 129 Å². The first-order valence-electron chi connectivity index (χ1n) is 6.97. The van der Waals surface area contributed by atoms with Crippen LogP contribution in [0.15, 0.2) is 60.9 Å². The van der Waals surface area contributed by atoms with E-state index in [0.29, 0.717) is 0 Å². The van der Waals surface area contributed by atoms with Crippen LogP contribution in [-0.2, 0) is 6.61 Å². The van der Waals surface area contributed by atoms with E-state index in [1.165, 1.54) is 0 Å². The normalized spacial score (nSPS) is 10.5. The van der Waals surface area contributed by atoms with Gasteiger partial charge in [-0.2, -0.15) is 0 Å². The van der Waals surface area contributed by atoms with Crippen LogP contribution in [0.3, 0.4) is 0 Å². The van der Waals surface area contributed by atoms with Gasteiger partial charge in [-0.15, -0.1) is 0 Å². The Kier molecular flexibility index (Phi) is 4.12. The summed E-state index contributed by atoms with van der Waals surface area (Å²) in [7, 11) is 1.64. The van der Waals surface area contributed by atoms with Gasteiger partial charge in [-0.25, -0.2) is 4.98 Å². The van der Waals surface area contributed by atoms with Crippen LogP contribution >= 0.6 is 0 Å². The van der Waals surface area contributed by atoms with Gasteiger partial charge >= 0.3 is 0 Å². The molecule has 0 atom stereocenters. The Bertz CT molecular complexity index is 770. The topological polar surface area (TPSA) is 55.2 Å². The number of rotatable bonds is 4. The van der Waals surface area contributed by atoms with Crippen molar-refractivity contribution in [3.8, 4) is 28.3 Å². The van der Waals surface area contributed by atoms with Gasteiger partial charge in [0.2, 0.25) is 0 Å². The summed E-state index contributed by atoms with van der Waals surface area (Å²) in [6, 6.07) is 15.4. The van der Waals surface area contributed by atoms with Crippen LogP contribution in [0.25, 0.3) is 22.5 Å². The third kappa shape index (κ3) is 2.97. The van der Waals surface area contributed by atoms with Crippen molar-refractivity contribution < 1.29 is 9.84 Å². The molecule has 4 nitrogen and oxygen atoms in total. The number of hydrogen-bond acceptors (Lipinski definition) is 4. The lowest BCUT2D eigenvalue weighted by Gasteiger charge is -2.06. The van der Waals surface area contributed by atoms with Gasteiger partial charge in [0.05, 0.1) is 37.5 Å². The van der Waals surface area contributed by atoms with Crippen LogP contribution in [0.5, 0.6) is 5.75 Å². The number of benzene rings is 2. The molecule has 0 bridgehead atoms. The number of nitrogens with zero attached hydrogens (tertiary/aromatic N) is 2. The molecule has 3 rings (SSSR count). The molecule has 0 saturated carbocycles. The molecule has 110 valence electrons. The minimum atomic E-state index is 0.0375. The zero-order valence-electron chi connectivity index (χ0n) is 12.2. The molecule has 3 aromatic rings. The van der Waals surface area contributed by atoms with E-state index >= 15 is 0 Å². The lowest BCUT2D eigenvalue weighted by molar-refractivity contribution is 0.282. The Morgan fingerprint density at radius 1 is 0.955 bits per heavy atom. The molecule has 0 spiro atoms. The van der Waals surface area contributed by atoms with Crippen molar-refractivity contribution >= 4 is 0 Å². The molecule has 0 fully saturated rings. The Morgan fingerprint density at radius 2 is 1.68 bits per heavy atom. The van der Waals surface area contributed by atoms with E-state index in [0.717, 1.165) is 33.8 Å². The van der Waals surface area contributed by atoms with Gasteiger partial charge in [0, 0.05) is 11.1 Å². The summed E-state index contributed by atoms with van der Waals surface area (Å²) >= 11 is 0. The number of hydrogen-bond donors (Lipinski definition) is 1. The van der Waals surface area contributed by atoms with Crippen molar-refractivity contribution in [1.82, 2.24) is 9.97 Å². The number of aliphatic hydroxyl groups is 1. The Balaban J connectivity index is 1.97. The van der Waals surface area contributed by atoms with Crippen LogP contribution in [0.1, 0.15) is 5.56 Å². The van der Waals surface area contributed by atoms with Crippen LogP contribution in [-0.4, -0.2) is 22.2 Å². The fraction of sp³-hybridized carbons (Fsp3) is 0.111. The number of aliphatic hydroxyl groups excluding tert-OH is 1. The molecule has 0 amide bonds. The Hall–Kier alpha value is -2.72. The second kappa shape index (κ2) is 6.37. The first-order valence-corrected chi connectivity index (χ1v) is 6.97. The summed E-state index contributed by atoms with van der Waals surface area (Å²) in [5.41, 5.74) is 4.39.